The van der Waals surface area contributed by atoms with Gasteiger partial charge in [0.1, 0.15) is 11.6 Å². The van der Waals surface area contributed by atoms with Gasteiger partial charge in [-0.05, 0) is 36.8 Å². The van der Waals surface area contributed by atoms with E-state index in [1.54, 1.807) is 31.3 Å². The average Bonchev–Trinajstić information content (AvgIpc) is 2.52. The topological polar surface area (TPSA) is 104 Å². The molecule has 0 aliphatic carbocycles. The summed E-state index contributed by atoms with van der Waals surface area (Å²) < 4.78 is 27.5. The number of amides is 1. The zero-order valence-electron chi connectivity index (χ0n) is 14.6. The molecule has 0 atom stereocenters. The highest BCUT2D eigenvalue weighted by atomic mass is 32.2. The quantitative estimate of drug-likeness (QED) is 0.801. The average molecular weight is 363 g/mol. The van der Waals surface area contributed by atoms with E-state index in [-0.39, 0.29) is 17.3 Å². The summed E-state index contributed by atoms with van der Waals surface area (Å²) >= 11 is 0. The number of aromatic nitrogens is 2. The van der Waals surface area contributed by atoms with Gasteiger partial charge < -0.3 is 10.2 Å². The fourth-order valence-electron chi connectivity index (χ4n) is 2.19. The molecule has 8 nitrogen and oxygen atoms in total. The second-order valence-electron chi connectivity index (χ2n) is 5.71. The predicted octanol–water partition coefficient (Wildman–Crippen LogP) is 1.29. The van der Waals surface area contributed by atoms with Crippen LogP contribution in [0.2, 0.25) is 0 Å². The monoisotopic (exact) mass is 363 g/mol. The van der Waals surface area contributed by atoms with E-state index >= 15 is 0 Å². The molecule has 2 N–H and O–H groups in total. The van der Waals surface area contributed by atoms with Crippen molar-refractivity contribution in [3.05, 3.63) is 41.9 Å². The van der Waals surface area contributed by atoms with Gasteiger partial charge in [-0.15, -0.1) is 0 Å². The Labute approximate surface area is 147 Å². The first-order valence-corrected chi connectivity index (χ1v) is 9.04. The molecule has 1 aromatic heterocycles. The molecule has 0 spiro atoms. The summed E-state index contributed by atoms with van der Waals surface area (Å²) in [7, 11) is -0.0367. The van der Waals surface area contributed by atoms with E-state index in [2.05, 4.69) is 20.0 Å². The molecule has 2 aromatic rings. The summed E-state index contributed by atoms with van der Waals surface area (Å²) in [6, 6.07) is 6.36. The lowest BCUT2D eigenvalue weighted by molar-refractivity contribution is -0.114. The molecule has 0 radical (unpaired) electrons. The second kappa shape index (κ2) is 7.58. The molecule has 0 aliphatic rings. The molecule has 0 aliphatic heterocycles. The van der Waals surface area contributed by atoms with Crippen LogP contribution in [0.1, 0.15) is 18.3 Å². The van der Waals surface area contributed by atoms with E-state index < -0.39 is 10.0 Å². The summed E-state index contributed by atoms with van der Waals surface area (Å²) in [4.78, 5) is 21.4. The Bertz CT molecular complexity index is 881. The van der Waals surface area contributed by atoms with Gasteiger partial charge in [-0.25, -0.2) is 23.1 Å². The zero-order valence-corrected chi connectivity index (χ0v) is 15.4. The third-order valence-corrected chi connectivity index (χ3v) is 4.92. The van der Waals surface area contributed by atoms with Crippen molar-refractivity contribution in [2.45, 2.75) is 25.3 Å². The van der Waals surface area contributed by atoms with Crippen LogP contribution in [0.25, 0.3) is 0 Å². The van der Waals surface area contributed by atoms with Gasteiger partial charge in [0.2, 0.25) is 15.9 Å². The minimum atomic E-state index is -3.72. The predicted molar refractivity (Wildman–Crippen MR) is 95.9 cm³/mol. The lowest BCUT2D eigenvalue weighted by Crippen LogP contribution is -2.25. The van der Waals surface area contributed by atoms with Crippen molar-refractivity contribution in [2.24, 2.45) is 0 Å². The Kier molecular flexibility index (Phi) is 5.70. The SMILES string of the molecule is CC(=O)Nc1ccc(S(=O)(=O)NCc2nccc(N(C)C)n2)c(C)c1. The molecule has 0 saturated heterocycles. The number of aryl methyl sites for hydroxylation is 1. The molecule has 1 heterocycles. The number of rotatable bonds is 6. The molecule has 1 aromatic carbocycles. The van der Waals surface area contributed by atoms with E-state index in [9.17, 15) is 13.2 Å². The van der Waals surface area contributed by atoms with Gasteiger partial charge in [-0.3, -0.25) is 4.79 Å². The maximum absolute atomic E-state index is 12.5. The number of nitrogens with zero attached hydrogens (tertiary/aromatic N) is 3. The van der Waals surface area contributed by atoms with Crippen LogP contribution in [0.5, 0.6) is 0 Å². The first-order valence-electron chi connectivity index (χ1n) is 7.56. The molecule has 0 fully saturated rings. The van der Waals surface area contributed by atoms with Crippen LogP contribution >= 0.6 is 0 Å². The summed E-state index contributed by atoms with van der Waals surface area (Å²) in [5.41, 5.74) is 1.08. The van der Waals surface area contributed by atoms with Crippen LogP contribution in [0.4, 0.5) is 11.5 Å². The molecule has 9 heteroatoms. The van der Waals surface area contributed by atoms with Gasteiger partial charge in [-0.1, -0.05) is 0 Å². The number of carbonyl (C=O) groups is 1. The number of sulfonamides is 1. The summed E-state index contributed by atoms with van der Waals surface area (Å²) in [5, 5.41) is 2.62. The van der Waals surface area contributed by atoms with E-state index in [0.717, 1.165) is 0 Å². The van der Waals surface area contributed by atoms with Crippen LogP contribution in [0.15, 0.2) is 35.4 Å². The Morgan fingerprint density at radius 3 is 2.56 bits per heavy atom. The Morgan fingerprint density at radius 1 is 1.24 bits per heavy atom. The number of anilines is 2. The molecule has 25 heavy (non-hydrogen) atoms. The van der Waals surface area contributed by atoms with Crippen LogP contribution in [0.3, 0.4) is 0 Å². The summed E-state index contributed by atoms with van der Waals surface area (Å²) in [5.74, 6) is 0.855. The number of hydrogen-bond donors (Lipinski definition) is 2. The van der Waals surface area contributed by atoms with Gasteiger partial charge in [0, 0.05) is 32.9 Å². The van der Waals surface area contributed by atoms with E-state index in [4.69, 9.17) is 0 Å². The van der Waals surface area contributed by atoms with Gasteiger partial charge in [0.05, 0.1) is 11.4 Å². The van der Waals surface area contributed by atoms with Crippen LogP contribution in [-0.4, -0.2) is 38.4 Å². The molecule has 1 amide bonds. The highest BCUT2D eigenvalue weighted by Crippen LogP contribution is 2.20. The van der Waals surface area contributed by atoms with Crippen molar-refractivity contribution >= 4 is 27.4 Å². The fraction of sp³-hybridized carbons (Fsp3) is 0.312. The third kappa shape index (κ3) is 4.97. The lowest BCUT2D eigenvalue weighted by atomic mass is 10.2. The number of benzene rings is 1. The number of hydrogen-bond acceptors (Lipinski definition) is 6. The maximum atomic E-state index is 12.5. The Balaban J connectivity index is 2.16. The van der Waals surface area contributed by atoms with Gasteiger partial charge >= 0.3 is 0 Å². The summed E-state index contributed by atoms with van der Waals surface area (Å²) in [6.07, 6.45) is 1.58. The Morgan fingerprint density at radius 2 is 1.96 bits per heavy atom. The van der Waals surface area contributed by atoms with Gasteiger partial charge in [0.15, 0.2) is 0 Å². The minimum absolute atomic E-state index is 0.0170. The third-order valence-electron chi connectivity index (χ3n) is 3.35. The minimum Gasteiger partial charge on any atom is -0.363 e. The molecule has 134 valence electrons. The fourth-order valence-corrected chi connectivity index (χ4v) is 3.40. The molecular formula is C16H21N5O3S. The number of carbonyl (C=O) groups excluding carboxylic acids is 1. The molecule has 2 rings (SSSR count). The Hall–Kier alpha value is -2.52. The first kappa shape index (κ1) is 18.8. The van der Waals surface area contributed by atoms with Crippen molar-refractivity contribution < 1.29 is 13.2 Å². The van der Waals surface area contributed by atoms with E-state index in [1.165, 1.54) is 13.0 Å². The van der Waals surface area contributed by atoms with Crippen molar-refractivity contribution in [3.8, 4) is 0 Å². The smallest absolute Gasteiger partial charge is 0.241 e. The number of nitrogens with one attached hydrogen (secondary N) is 2. The van der Waals surface area contributed by atoms with Gasteiger partial charge in [0.25, 0.3) is 0 Å². The van der Waals surface area contributed by atoms with Crippen molar-refractivity contribution in [1.29, 1.82) is 0 Å². The molecule has 0 unspecified atom stereocenters. The normalized spacial score (nSPS) is 11.2. The lowest BCUT2D eigenvalue weighted by Gasteiger charge is -2.13. The van der Waals surface area contributed by atoms with E-state index in [1.807, 2.05) is 19.0 Å². The standard InChI is InChI=1S/C16H21N5O3S/c1-11-9-13(19-12(2)22)5-6-14(11)25(23,24)18-10-15-17-8-7-16(20-15)21(3)4/h5-9,18H,10H2,1-4H3,(H,19,22). The van der Waals surface area contributed by atoms with Crippen molar-refractivity contribution in [3.63, 3.8) is 0 Å². The van der Waals surface area contributed by atoms with Gasteiger partial charge in [-0.2, -0.15) is 0 Å². The van der Waals surface area contributed by atoms with Crippen molar-refractivity contribution in [2.75, 3.05) is 24.3 Å². The van der Waals surface area contributed by atoms with Crippen LogP contribution in [-0.2, 0) is 21.4 Å². The maximum Gasteiger partial charge on any atom is 0.241 e. The highest BCUT2D eigenvalue weighted by molar-refractivity contribution is 7.89. The zero-order chi connectivity index (χ0) is 18.6. The van der Waals surface area contributed by atoms with E-state index in [0.29, 0.717) is 22.9 Å². The van der Waals surface area contributed by atoms with Crippen LogP contribution < -0.4 is 14.9 Å². The molecular weight excluding hydrogens is 342 g/mol. The molecule has 0 saturated carbocycles. The largest absolute Gasteiger partial charge is 0.363 e. The summed E-state index contributed by atoms with van der Waals surface area (Å²) in [6.45, 7) is 3.04. The first-order chi connectivity index (χ1) is 11.7. The van der Waals surface area contributed by atoms with Crippen LogP contribution in [0, 0.1) is 6.92 Å². The van der Waals surface area contributed by atoms with Crippen molar-refractivity contribution in [1.82, 2.24) is 14.7 Å². The highest BCUT2D eigenvalue weighted by Gasteiger charge is 2.17. The molecule has 0 bridgehead atoms. The second-order valence-corrected chi connectivity index (χ2v) is 7.45.